The first kappa shape index (κ1) is 21.3. The van der Waals surface area contributed by atoms with Crippen LogP contribution in [0.1, 0.15) is 26.2 Å². The molecule has 0 saturated carbocycles. The van der Waals surface area contributed by atoms with Crippen LogP contribution in [0.15, 0.2) is 71.6 Å². The Kier molecular flexibility index (Phi) is 6.25. The van der Waals surface area contributed by atoms with Crippen LogP contribution in [0.4, 0.5) is 5.69 Å². The number of benzene rings is 3. The van der Waals surface area contributed by atoms with Crippen LogP contribution in [-0.2, 0) is 14.8 Å². The molecule has 1 aliphatic rings. The Morgan fingerprint density at radius 3 is 2.32 bits per heavy atom. The first-order chi connectivity index (χ1) is 14.9. The summed E-state index contributed by atoms with van der Waals surface area (Å²) in [6.07, 6.45) is 2.14. The number of nitrogens with one attached hydrogen (secondary N) is 1. The van der Waals surface area contributed by atoms with Gasteiger partial charge in [-0.3, -0.25) is 4.79 Å². The molecule has 1 heterocycles. The smallest absolute Gasteiger partial charge is 0.265 e. The van der Waals surface area contributed by atoms with Gasteiger partial charge in [0.05, 0.1) is 4.90 Å². The number of rotatable bonds is 6. The fraction of sp³-hybridized carbons (Fsp3) is 0.292. The summed E-state index contributed by atoms with van der Waals surface area (Å²) in [5.41, 5.74) is 0.525. The van der Waals surface area contributed by atoms with Gasteiger partial charge >= 0.3 is 0 Å². The van der Waals surface area contributed by atoms with Crippen molar-refractivity contribution in [2.24, 2.45) is 0 Å². The van der Waals surface area contributed by atoms with Gasteiger partial charge in [-0.05, 0) is 66.9 Å². The summed E-state index contributed by atoms with van der Waals surface area (Å²) < 4.78 is 32.8. The molecule has 0 bridgehead atoms. The molecule has 1 atom stereocenters. The van der Waals surface area contributed by atoms with E-state index < -0.39 is 16.1 Å². The van der Waals surface area contributed by atoms with Crippen molar-refractivity contribution in [2.75, 3.05) is 18.4 Å². The maximum Gasteiger partial charge on any atom is 0.265 e. The second-order valence-corrected chi connectivity index (χ2v) is 9.69. The highest BCUT2D eigenvalue weighted by Gasteiger charge is 2.25. The van der Waals surface area contributed by atoms with Gasteiger partial charge in [0.2, 0.25) is 10.0 Å². The largest absolute Gasteiger partial charge is 0.481 e. The summed E-state index contributed by atoms with van der Waals surface area (Å²) in [6, 6.07) is 19.9. The van der Waals surface area contributed by atoms with E-state index in [0.717, 1.165) is 30.0 Å². The molecule has 6 nitrogen and oxygen atoms in total. The highest BCUT2D eigenvalue weighted by molar-refractivity contribution is 7.89. The van der Waals surface area contributed by atoms with Gasteiger partial charge in [-0.15, -0.1) is 0 Å². The van der Waals surface area contributed by atoms with Crippen LogP contribution >= 0.6 is 0 Å². The molecule has 0 aromatic heterocycles. The quantitative estimate of drug-likeness (QED) is 0.618. The van der Waals surface area contributed by atoms with Crippen molar-refractivity contribution in [3.63, 3.8) is 0 Å². The highest BCUT2D eigenvalue weighted by Crippen LogP contribution is 2.23. The molecule has 1 amide bonds. The number of anilines is 1. The van der Waals surface area contributed by atoms with Gasteiger partial charge in [-0.2, -0.15) is 4.31 Å². The zero-order chi connectivity index (χ0) is 21.8. The number of nitrogens with zero attached hydrogens (tertiary/aromatic N) is 1. The average Bonchev–Trinajstić information content (AvgIpc) is 2.80. The number of hydrogen-bond donors (Lipinski definition) is 1. The van der Waals surface area contributed by atoms with E-state index in [9.17, 15) is 13.2 Å². The van der Waals surface area contributed by atoms with Gasteiger partial charge < -0.3 is 10.1 Å². The lowest BCUT2D eigenvalue weighted by atomic mass is 10.1. The van der Waals surface area contributed by atoms with E-state index in [1.807, 2.05) is 42.5 Å². The van der Waals surface area contributed by atoms with Gasteiger partial charge in [0.1, 0.15) is 5.75 Å². The Labute approximate surface area is 182 Å². The summed E-state index contributed by atoms with van der Waals surface area (Å²) in [6.45, 7) is 2.80. The topological polar surface area (TPSA) is 75.7 Å². The predicted octanol–water partition coefficient (Wildman–Crippen LogP) is 4.42. The molecule has 1 aliphatic heterocycles. The maximum atomic E-state index is 12.7. The fourth-order valence-corrected chi connectivity index (χ4v) is 5.22. The van der Waals surface area contributed by atoms with Crippen molar-refractivity contribution in [1.29, 1.82) is 0 Å². The summed E-state index contributed by atoms with van der Waals surface area (Å²) in [7, 11) is -3.49. The van der Waals surface area contributed by atoms with Gasteiger partial charge in [0, 0.05) is 18.8 Å². The van der Waals surface area contributed by atoms with Crippen molar-refractivity contribution < 1.29 is 17.9 Å². The minimum absolute atomic E-state index is 0.243. The van der Waals surface area contributed by atoms with Crippen molar-refractivity contribution >= 4 is 32.4 Å². The lowest BCUT2D eigenvalue weighted by molar-refractivity contribution is -0.122. The molecule has 31 heavy (non-hydrogen) atoms. The first-order valence-corrected chi connectivity index (χ1v) is 11.9. The van der Waals surface area contributed by atoms with Crippen LogP contribution in [0.3, 0.4) is 0 Å². The average molecular weight is 439 g/mol. The molecule has 0 radical (unpaired) electrons. The Bertz CT molecular complexity index is 1170. The molecule has 3 aromatic carbocycles. The van der Waals surface area contributed by atoms with E-state index in [0.29, 0.717) is 24.5 Å². The van der Waals surface area contributed by atoms with Crippen LogP contribution in [0.5, 0.6) is 5.75 Å². The van der Waals surface area contributed by atoms with E-state index in [2.05, 4.69) is 5.32 Å². The number of carbonyl (C=O) groups excluding carboxylic acids is 1. The van der Waals surface area contributed by atoms with E-state index in [-0.39, 0.29) is 10.8 Å². The zero-order valence-corrected chi connectivity index (χ0v) is 18.3. The van der Waals surface area contributed by atoms with Crippen molar-refractivity contribution in [3.05, 3.63) is 66.7 Å². The van der Waals surface area contributed by atoms with Crippen LogP contribution in [0, 0.1) is 0 Å². The number of fused-ring (bicyclic) bond motifs is 1. The van der Waals surface area contributed by atoms with E-state index in [4.69, 9.17) is 4.74 Å². The molecule has 162 valence electrons. The van der Waals surface area contributed by atoms with E-state index in [1.165, 1.54) is 16.4 Å². The first-order valence-electron chi connectivity index (χ1n) is 10.5. The fourth-order valence-electron chi connectivity index (χ4n) is 3.71. The maximum absolute atomic E-state index is 12.7. The van der Waals surface area contributed by atoms with Crippen molar-refractivity contribution in [2.45, 2.75) is 37.2 Å². The molecule has 3 aromatic rings. The van der Waals surface area contributed by atoms with E-state index in [1.54, 1.807) is 19.1 Å². The Balaban J connectivity index is 1.39. The van der Waals surface area contributed by atoms with Crippen LogP contribution < -0.4 is 10.1 Å². The number of carbonyl (C=O) groups is 1. The monoisotopic (exact) mass is 438 g/mol. The lowest BCUT2D eigenvalue weighted by Crippen LogP contribution is -2.35. The summed E-state index contributed by atoms with van der Waals surface area (Å²) >= 11 is 0. The SMILES string of the molecule is C[C@H](Oc1ccc2ccccc2c1)C(=O)Nc1ccc(S(=O)(=O)N2CCCCC2)cc1. The summed E-state index contributed by atoms with van der Waals surface area (Å²) in [4.78, 5) is 12.8. The third-order valence-electron chi connectivity index (χ3n) is 5.48. The van der Waals surface area contributed by atoms with Crippen LogP contribution in [0.25, 0.3) is 10.8 Å². The number of sulfonamides is 1. The number of amides is 1. The third kappa shape index (κ3) is 4.89. The molecule has 0 unspecified atom stereocenters. The normalized spacial score (nSPS) is 16.0. The molecule has 4 rings (SSSR count). The summed E-state index contributed by atoms with van der Waals surface area (Å²) in [5.74, 6) is 0.309. The van der Waals surface area contributed by atoms with Gasteiger partial charge in [-0.25, -0.2) is 8.42 Å². The lowest BCUT2D eigenvalue weighted by Gasteiger charge is -2.25. The van der Waals surface area contributed by atoms with Gasteiger partial charge in [0.25, 0.3) is 5.91 Å². The molecule has 0 aliphatic carbocycles. The second kappa shape index (κ2) is 9.08. The minimum atomic E-state index is -3.49. The van der Waals surface area contributed by atoms with Gasteiger partial charge in [-0.1, -0.05) is 36.8 Å². The predicted molar refractivity (Wildman–Crippen MR) is 122 cm³/mol. The Morgan fingerprint density at radius 1 is 0.935 bits per heavy atom. The molecule has 0 spiro atoms. The van der Waals surface area contributed by atoms with Crippen molar-refractivity contribution in [3.8, 4) is 5.75 Å². The third-order valence-corrected chi connectivity index (χ3v) is 7.39. The minimum Gasteiger partial charge on any atom is -0.481 e. The molecule has 1 fully saturated rings. The molecular formula is C24H26N2O4S. The summed E-state index contributed by atoms with van der Waals surface area (Å²) in [5, 5.41) is 4.93. The molecular weight excluding hydrogens is 412 g/mol. The molecule has 7 heteroatoms. The standard InChI is InChI=1S/C24H26N2O4S/c1-18(30-22-12-9-19-7-3-4-8-20(19)17-22)24(27)25-21-10-13-23(14-11-21)31(28,29)26-15-5-2-6-16-26/h3-4,7-14,17-18H,2,5-6,15-16H2,1H3,(H,25,27)/t18-/m0/s1. The van der Waals surface area contributed by atoms with Crippen LogP contribution in [-0.4, -0.2) is 37.8 Å². The van der Waals surface area contributed by atoms with E-state index >= 15 is 0 Å². The Morgan fingerprint density at radius 2 is 1.61 bits per heavy atom. The number of hydrogen-bond acceptors (Lipinski definition) is 4. The molecule has 1 saturated heterocycles. The highest BCUT2D eigenvalue weighted by atomic mass is 32.2. The number of ether oxygens (including phenoxy) is 1. The molecule has 1 N–H and O–H groups in total. The zero-order valence-electron chi connectivity index (χ0n) is 17.5. The number of piperidine rings is 1. The van der Waals surface area contributed by atoms with Gasteiger partial charge in [0.15, 0.2) is 6.10 Å². The second-order valence-electron chi connectivity index (χ2n) is 7.75. The Hall–Kier alpha value is -2.90. The van der Waals surface area contributed by atoms with Crippen molar-refractivity contribution in [1.82, 2.24) is 4.31 Å². The van der Waals surface area contributed by atoms with Crippen LogP contribution in [0.2, 0.25) is 0 Å².